The topological polar surface area (TPSA) is 28.2 Å². The van der Waals surface area contributed by atoms with E-state index in [9.17, 15) is 0 Å². The van der Waals surface area contributed by atoms with Gasteiger partial charge in [0.1, 0.15) is 0 Å². The van der Waals surface area contributed by atoms with Gasteiger partial charge >= 0.3 is 0 Å². The Morgan fingerprint density at radius 2 is 2.25 bits per heavy atom. The summed E-state index contributed by atoms with van der Waals surface area (Å²) >= 11 is 3.43. The number of rotatable bonds is 5. The fourth-order valence-corrected chi connectivity index (χ4v) is 2.35. The van der Waals surface area contributed by atoms with Crippen molar-refractivity contribution in [2.45, 2.75) is 18.9 Å². The molecule has 1 saturated carbocycles. The molecule has 0 saturated heterocycles. The first kappa shape index (κ1) is 11.9. The summed E-state index contributed by atoms with van der Waals surface area (Å²) in [5.41, 5.74) is 1.09. The number of hydrogen-bond acceptors (Lipinski definition) is 3. The Balaban J connectivity index is 1.90. The zero-order valence-electron chi connectivity index (χ0n) is 9.78. The Labute approximate surface area is 105 Å². The summed E-state index contributed by atoms with van der Waals surface area (Å²) in [4.78, 5) is 6.46. The second kappa shape index (κ2) is 5.15. The van der Waals surface area contributed by atoms with Gasteiger partial charge in [-0.1, -0.05) is 0 Å². The number of anilines is 1. The van der Waals surface area contributed by atoms with E-state index in [2.05, 4.69) is 51.3 Å². The molecular weight excluding hydrogens is 266 g/mol. The molecule has 2 rings (SSSR count). The Morgan fingerprint density at radius 3 is 2.81 bits per heavy atom. The second-order valence-corrected chi connectivity index (χ2v) is 5.56. The number of halogens is 1. The van der Waals surface area contributed by atoms with Crippen molar-refractivity contribution >= 4 is 21.6 Å². The number of nitrogens with one attached hydrogen (secondary N) is 1. The van der Waals surface area contributed by atoms with Gasteiger partial charge < -0.3 is 10.2 Å². The lowest BCUT2D eigenvalue weighted by Gasteiger charge is -2.24. The number of pyridine rings is 1. The van der Waals surface area contributed by atoms with Crippen LogP contribution in [0, 0.1) is 5.92 Å². The molecule has 0 aromatic carbocycles. The third kappa shape index (κ3) is 3.19. The van der Waals surface area contributed by atoms with E-state index in [1.807, 2.05) is 6.20 Å². The van der Waals surface area contributed by atoms with Gasteiger partial charge in [-0.3, -0.25) is 4.98 Å². The molecule has 1 aliphatic rings. The largest absolute Gasteiger partial charge is 0.382 e. The van der Waals surface area contributed by atoms with Gasteiger partial charge in [-0.2, -0.15) is 0 Å². The molecule has 0 bridgehead atoms. The minimum atomic E-state index is 0.638. The number of likely N-dealkylation sites (N-methyl/N-ethyl adjacent to an activating group) is 1. The minimum Gasteiger partial charge on any atom is -0.382 e. The maximum Gasteiger partial charge on any atom is 0.0538 e. The maximum atomic E-state index is 4.14. The number of aromatic nitrogens is 1. The zero-order valence-corrected chi connectivity index (χ0v) is 11.4. The third-order valence-corrected chi connectivity index (χ3v) is 3.48. The lowest BCUT2D eigenvalue weighted by molar-refractivity contribution is 0.276. The van der Waals surface area contributed by atoms with Gasteiger partial charge in [0.15, 0.2) is 0 Å². The molecule has 1 aromatic rings. The normalized spacial score (nSPS) is 17.5. The van der Waals surface area contributed by atoms with Crippen LogP contribution in [0.15, 0.2) is 22.9 Å². The molecule has 1 atom stereocenters. The van der Waals surface area contributed by atoms with E-state index >= 15 is 0 Å². The maximum absolute atomic E-state index is 4.14. The van der Waals surface area contributed by atoms with E-state index in [4.69, 9.17) is 0 Å². The fraction of sp³-hybridized carbons (Fsp3) is 0.583. The average Bonchev–Trinajstić information content (AvgIpc) is 3.02. The van der Waals surface area contributed by atoms with Gasteiger partial charge in [0.25, 0.3) is 0 Å². The lowest BCUT2D eigenvalue weighted by Crippen LogP contribution is -2.36. The van der Waals surface area contributed by atoms with Crippen LogP contribution in [0.4, 0.5) is 5.69 Å². The average molecular weight is 284 g/mol. The lowest BCUT2D eigenvalue weighted by atomic mass is 10.1. The molecule has 0 amide bonds. The van der Waals surface area contributed by atoms with Crippen molar-refractivity contribution in [3.05, 3.63) is 22.9 Å². The van der Waals surface area contributed by atoms with Crippen LogP contribution < -0.4 is 5.32 Å². The van der Waals surface area contributed by atoms with Gasteiger partial charge in [-0.25, -0.2) is 0 Å². The molecule has 0 spiro atoms. The Kier molecular flexibility index (Phi) is 3.82. The highest BCUT2D eigenvalue weighted by atomic mass is 79.9. The van der Waals surface area contributed by atoms with E-state index in [1.54, 1.807) is 6.20 Å². The summed E-state index contributed by atoms with van der Waals surface area (Å²) in [7, 11) is 4.31. The first-order valence-electron chi connectivity index (χ1n) is 5.67. The van der Waals surface area contributed by atoms with E-state index in [-0.39, 0.29) is 0 Å². The highest BCUT2D eigenvalue weighted by molar-refractivity contribution is 9.10. The van der Waals surface area contributed by atoms with Crippen LogP contribution in [0.2, 0.25) is 0 Å². The second-order valence-electron chi connectivity index (χ2n) is 4.64. The SMILES string of the molecule is CN(C)C(CNc1cncc(Br)c1)C1CC1. The van der Waals surface area contributed by atoms with Crippen molar-refractivity contribution in [3.63, 3.8) is 0 Å². The van der Waals surface area contributed by atoms with Crippen LogP contribution in [0.25, 0.3) is 0 Å². The molecule has 0 aliphatic heterocycles. The first-order chi connectivity index (χ1) is 7.66. The fourth-order valence-electron chi connectivity index (χ4n) is 1.98. The number of hydrogen-bond donors (Lipinski definition) is 1. The smallest absolute Gasteiger partial charge is 0.0538 e. The van der Waals surface area contributed by atoms with Gasteiger partial charge in [0.05, 0.1) is 11.9 Å². The standard InChI is InChI=1S/C12H18BrN3/c1-16(2)12(9-3-4-9)8-15-11-5-10(13)6-14-7-11/h5-7,9,12,15H,3-4,8H2,1-2H3. The molecule has 1 aliphatic carbocycles. The van der Waals surface area contributed by atoms with Crippen molar-refractivity contribution in [2.24, 2.45) is 5.92 Å². The monoisotopic (exact) mass is 283 g/mol. The molecule has 88 valence electrons. The van der Waals surface area contributed by atoms with Crippen LogP contribution >= 0.6 is 15.9 Å². The molecule has 3 nitrogen and oxygen atoms in total. The van der Waals surface area contributed by atoms with Crippen molar-refractivity contribution in [3.8, 4) is 0 Å². The van der Waals surface area contributed by atoms with Crippen molar-refractivity contribution in [2.75, 3.05) is 26.0 Å². The highest BCUT2D eigenvalue weighted by Crippen LogP contribution is 2.34. The quantitative estimate of drug-likeness (QED) is 0.901. The predicted molar refractivity (Wildman–Crippen MR) is 70.6 cm³/mol. The van der Waals surface area contributed by atoms with Crippen molar-refractivity contribution in [1.29, 1.82) is 0 Å². The van der Waals surface area contributed by atoms with Crippen LogP contribution in [-0.2, 0) is 0 Å². The Hall–Kier alpha value is -0.610. The Morgan fingerprint density at radius 1 is 1.50 bits per heavy atom. The van der Waals surface area contributed by atoms with E-state index < -0.39 is 0 Å². The van der Waals surface area contributed by atoms with Crippen molar-refractivity contribution in [1.82, 2.24) is 9.88 Å². The van der Waals surface area contributed by atoms with E-state index in [0.29, 0.717) is 6.04 Å². The minimum absolute atomic E-state index is 0.638. The summed E-state index contributed by atoms with van der Waals surface area (Å²) in [5.74, 6) is 0.877. The zero-order chi connectivity index (χ0) is 11.5. The van der Waals surface area contributed by atoms with Crippen molar-refractivity contribution < 1.29 is 0 Å². The first-order valence-corrected chi connectivity index (χ1v) is 6.47. The number of nitrogens with zero attached hydrogens (tertiary/aromatic N) is 2. The molecule has 16 heavy (non-hydrogen) atoms. The summed E-state index contributed by atoms with van der Waals surface area (Å²) in [6, 6.07) is 2.70. The van der Waals surface area contributed by atoms with E-state index in [1.165, 1.54) is 12.8 Å². The summed E-state index contributed by atoms with van der Waals surface area (Å²) in [6.45, 7) is 0.996. The molecule has 1 unspecified atom stereocenters. The highest BCUT2D eigenvalue weighted by Gasteiger charge is 2.32. The predicted octanol–water partition coefficient (Wildman–Crippen LogP) is 2.60. The molecule has 1 fully saturated rings. The molecular formula is C12H18BrN3. The van der Waals surface area contributed by atoms with Crippen LogP contribution in [-0.4, -0.2) is 36.6 Å². The van der Waals surface area contributed by atoms with E-state index in [0.717, 1.165) is 22.6 Å². The van der Waals surface area contributed by atoms with Gasteiger partial charge in [-0.15, -0.1) is 0 Å². The van der Waals surface area contributed by atoms with Crippen LogP contribution in [0.5, 0.6) is 0 Å². The summed E-state index contributed by atoms with van der Waals surface area (Å²) in [5, 5.41) is 3.45. The third-order valence-electron chi connectivity index (χ3n) is 3.05. The van der Waals surface area contributed by atoms with Gasteiger partial charge in [0.2, 0.25) is 0 Å². The molecule has 1 heterocycles. The molecule has 0 radical (unpaired) electrons. The summed E-state index contributed by atoms with van der Waals surface area (Å²) in [6.07, 6.45) is 6.42. The van der Waals surface area contributed by atoms with Gasteiger partial charge in [0, 0.05) is 23.3 Å². The molecule has 4 heteroatoms. The molecule has 1 N–H and O–H groups in total. The summed E-state index contributed by atoms with van der Waals surface area (Å²) < 4.78 is 1.02. The molecule has 1 aromatic heterocycles. The Bertz CT molecular complexity index is 348. The van der Waals surface area contributed by atoms with Crippen LogP contribution in [0.3, 0.4) is 0 Å². The van der Waals surface area contributed by atoms with Crippen LogP contribution in [0.1, 0.15) is 12.8 Å². The van der Waals surface area contributed by atoms with Gasteiger partial charge in [-0.05, 0) is 54.9 Å².